The fourth-order valence-electron chi connectivity index (χ4n) is 3.11. The quantitative estimate of drug-likeness (QED) is 0.472. The Labute approximate surface area is 153 Å². The molecule has 4 heteroatoms. The lowest BCUT2D eigenvalue weighted by Crippen LogP contribution is -2.17. The molecule has 4 rings (SSSR count). The van der Waals surface area contributed by atoms with Crippen LogP contribution in [0.15, 0.2) is 84.9 Å². The summed E-state index contributed by atoms with van der Waals surface area (Å²) in [5.41, 5.74) is 3.22. The van der Waals surface area contributed by atoms with Crippen LogP contribution in [0, 0.1) is 0 Å². The molecule has 0 fully saturated rings. The highest BCUT2D eigenvalue weighted by Crippen LogP contribution is 2.24. The predicted molar refractivity (Wildman–Crippen MR) is 103 cm³/mol. The van der Waals surface area contributed by atoms with Crippen molar-refractivity contribution >= 4 is 11.0 Å². The molecular formula is C22H21N3O. The van der Waals surface area contributed by atoms with Crippen LogP contribution < -0.4 is 4.74 Å². The van der Waals surface area contributed by atoms with Crippen molar-refractivity contribution in [3.05, 3.63) is 90.5 Å². The maximum atomic E-state index is 6.27. The van der Waals surface area contributed by atoms with Crippen molar-refractivity contribution in [2.45, 2.75) is 25.5 Å². The van der Waals surface area contributed by atoms with Gasteiger partial charge in [0.15, 0.2) is 6.23 Å². The topological polar surface area (TPSA) is 39.9 Å². The molecule has 0 N–H and O–H groups in total. The van der Waals surface area contributed by atoms with Crippen molar-refractivity contribution in [2.24, 2.45) is 0 Å². The molecule has 0 radical (unpaired) electrons. The molecule has 26 heavy (non-hydrogen) atoms. The van der Waals surface area contributed by atoms with Crippen LogP contribution >= 0.6 is 0 Å². The molecule has 1 unspecified atom stereocenters. The number of fused-ring (bicyclic) bond motifs is 1. The van der Waals surface area contributed by atoms with E-state index in [0.717, 1.165) is 36.0 Å². The SMILES string of the molecule is c1ccc(CCCC(Oc2ccccc2)n2nnc3ccccc32)cc1. The third kappa shape index (κ3) is 3.75. The second kappa shape index (κ2) is 7.83. The van der Waals surface area contributed by atoms with Gasteiger partial charge in [-0.15, -0.1) is 5.10 Å². The average Bonchev–Trinajstić information content (AvgIpc) is 3.13. The van der Waals surface area contributed by atoms with E-state index in [-0.39, 0.29) is 6.23 Å². The first-order valence-electron chi connectivity index (χ1n) is 8.96. The molecular weight excluding hydrogens is 322 g/mol. The van der Waals surface area contributed by atoms with Gasteiger partial charge in [-0.3, -0.25) is 0 Å². The van der Waals surface area contributed by atoms with Crippen molar-refractivity contribution in [1.29, 1.82) is 0 Å². The first kappa shape index (κ1) is 16.3. The Morgan fingerprint density at radius 2 is 1.50 bits per heavy atom. The maximum absolute atomic E-state index is 6.27. The third-order valence-electron chi connectivity index (χ3n) is 4.42. The second-order valence-corrected chi connectivity index (χ2v) is 6.29. The van der Waals surface area contributed by atoms with E-state index in [4.69, 9.17) is 4.74 Å². The zero-order valence-electron chi connectivity index (χ0n) is 14.5. The molecule has 0 saturated carbocycles. The van der Waals surface area contributed by atoms with E-state index < -0.39 is 0 Å². The number of hydrogen-bond donors (Lipinski definition) is 0. The normalized spacial score (nSPS) is 12.2. The van der Waals surface area contributed by atoms with Gasteiger partial charge in [-0.05, 0) is 42.7 Å². The van der Waals surface area contributed by atoms with Gasteiger partial charge in [-0.1, -0.05) is 65.9 Å². The van der Waals surface area contributed by atoms with Crippen molar-refractivity contribution in [3.63, 3.8) is 0 Å². The van der Waals surface area contributed by atoms with Crippen LogP contribution in [-0.2, 0) is 6.42 Å². The molecule has 1 heterocycles. The first-order valence-corrected chi connectivity index (χ1v) is 8.96. The Bertz CT molecular complexity index is 951. The van der Waals surface area contributed by atoms with Gasteiger partial charge in [-0.2, -0.15) is 0 Å². The van der Waals surface area contributed by atoms with Crippen molar-refractivity contribution < 1.29 is 4.74 Å². The Balaban J connectivity index is 1.55. The van der Waals surface area contributed by atoms with E-state index in [2.05, 4.69) is 34.6 Å². The zero-order valence-corrected chi connectivity index (χ0v) is 14.5. The van der Waals surface area contributed by atoms with Crippen LogP contribution in [0.2, 0.25) is 0 Å². The van der Waals surface area contributed by atoms with E-state index in [0.29, 0.717) is 0 Å². The third-order valence-corrected chi connectivity index (χ3v) is 4.42. The van der Waals surface area contributed by atoms with Gasteiger partial charge in [0.25, 0.3) is 0 Å². The van der Waals surface area contributed by atoms with Gasteiger partial charge < -0.3 is 4.74 Å². The summed E-state index contributed by atoms with van der Waals surface area (Å²) in [6, 6.07) is 28.4. The van der Waals surface area contributed by atoms with E-state index in [1.165, 1.54) is 5.56 Å². The van der Waals surface area contributed by atoms with Gasteiger partial charge in [0.05, 0.1) is 5.52 Å². The smallest absolute Gasteiger partial charge is 0.193 e. The number of rotatable bonds is 7. The van der Waals surface area contributed by atoms with Gasteiger partial charge in [-0.25, -0.2) is 4.68 Å². The number of benzene rings is 3. The van der Waals surface area contributed by atoms with Gasteiger partial charge in [0, 0.05) is 6.42 Å². The minimum Gasteiger partial charge on any atom is -0.469 e. The van der Waals surface area contributed by atoms with Gasteiger partial charge in [0.1, 0.15) is 11.3 Å². The zero-order chi connectivity index (χ0) is 17.6. The molecule has 0 spiro atoms. The molecule has 0 amide bonds. The number of aromatic nitrogens is 3. The average molecular weight is 343 g/mol. The lowest BCUT2D eigenvalue weighted by Gasteiger charge is -2.20. The number of ether oxygens (including phenoxy) is 1. The molecule has 1 atom stereocenters. The van der Waals surface area contributed by atoms with Crippen LogP contribution in [0.4, 0.5) is 0 Å². The van der Waals surface area contributed by atoms with Gasteiger partial charge in [0.2, 0.25) is 0 Å². The molecule has 4 aromatic rings. The maximum Gasteiger partial charge on any atom is 0.193 e. The van der Waals surface area contributed by atoms with Crippen molar-refractivity contribution in [1.82, 2.24) is 15.0 Å². The lowest BCUT2D eigenvalue weighted by molar-refractivity contribution is 0.109. The molecule has 130 valence electrons. The molecule has 4 nitrogen and oxygen atoms in total. The highest BCUT2D eigenvalue weighted by molar-refractivity contribution is 5.73. The van der Waals surface area contributed by atoms with E-state index in [1.54, 1.807) is 0 Å². The highest BCUT2D eigenvalue weighted by Gasteiger charge is 2.17. The van der Waals surface area contributed by atoms with Crippen LogP contribution in [0.5, 0.6) is 5.75 Å². The summed E-state index contributed by atoms with van der Waals surface area (Å²) in [7, 11) is 0. The highest BCUT2D eigenvalue weighted by atomic mass is 16.5. The number of para-hydroxylation sites is 2. The standard InChI is InChI=1S/C22H21N3O/c1-3-10-18(11-4-1)12-9-17-22(26-19-13-5-2-6-14-19)25-21-16-8-7-15-20(21)23-24-25/h1-8,10-11,13-16,22H,9,12,17H2. The van der Waals surface area contributed by atoms with Gasteiger partial charge >= 0.3 is 0 Å². The molecule has 0 saturated heterocycles. The van der Waals surface area contributed by atoms with E-state index >= 15 is 0 Å². The molecule has 1 aromatic heterocycles. The molecule has 0 aliphatic rings. The lowest BCUT2D eigenvalue weighted by atomic mass is 10.1. The van der Waals surface area contributed by atoms with Crippen LogP contribution in [0.1, 0.15) is 24.6 Å². The predicted octanol–water partition coefficient (Wildman–Crippen LogP) is 5.03. The first-order chi connectivity index (χ1) is 12.9. The number of nitrogens with zero attached hydrogens (tertiary/aromatic N) is 3. The summed E-state index contributed by atoms with van der Waals surface area (Å²) in [4.78, 5) is 0. The summed E-state index contributed by atoms with van der Waals surface area (Å²) >= 11 is 0. The second-order valence-electron chi connectivity index (χ2n) is 6.29. The van der Waals surface area contributed by atoms with Crippen molar-refractivity contribution in [3.8, 4) is 5.75 Å². The van der Waals surface area contributed by atoms with Crippen LogP contribution in [0.25, 0.3) is 11.0 Å². The monoisotopic (exact) mass is 343 g/mol. The minimum absolute atomic E-state index is 0.187. The van der Waals surface area contributed by atoms with Crippen LogP contribution in [0.3, 0.4) is 0 Å². The summed E-state index contributed by atoms with van der Waals surface area (Å²) in [6.45, 7) is 0. The van der Waals surface area contributed by atoms with Crippen molar-refractivity contribution in [2.75, 3.05) is 0 Å². The number of hydrogen-bond acceptors (Lipinski definition) is 3. The summed E-state index contributed by atoms with van der Waals surface area (Å²) < 4.78 is 8.16. The summed E-state index contributed by atoms with van der Waals surface area (Å²) in [5.74, 6) is 0.844. The molecule has 0 aliphatic heterocycles. The Morgan fingerprint density at radius 3 is 2.31 bits per heavy atom. The fraction of sp³-hybridized carbons (Fsp3) is 0.182. The number of aryl methyl sites for hydroxylation is 1. The Hall–Kier alpha value is -3.14. The molecule has 0 aliphatic carbocycles. The fourth-order valence-corrected chi connectivity index (χ4v) is 3.11. The van der Waals surface area contributed by atoms with Crippen LogP contribution in [-0.4, -0.2) is 15.0 Å². The van der Waals surface area contributed by atoms with E-state index in [1.807, 2.05) is 65.3 Å². The summed E-state index contributed by atoms with van der Waals surface area (Å²) in [6.07, 6.45) is 2.70. The largest absolute Gasteiger partial charge is 0.469 e. The molecule has 0 bridgehead atoms. The minimum atomic E-state index is -0.187. The Kier molecular flexibility index (Phi) is 4.92. The Morgan fingerprint density at radius 1 is 0.808 bits per heavy atom. The molecule has 3 aromatic carbocycles. The summed E-state index contributed by atoms with van der Waals surface area (Å²) in [5, 5.41) is 8.64. The van der Waals surface area contributed by atoms with E-state index in [9.17, 15) is 0 Å².